The van der Waals surface area contributed by atoms with Crippen molar-refractivity contribution in [1.29, 1.82) is 0 Å². The molecule has 2 rings (SSSR count). The van der Waals surface area contributed by atoms with Crippen molar-refractivity contribution in [3.63, 3.8) is 0 Å². The Morgan fingerprint density at radius 3 is 2.62 bits per heavy atom. The summed E-state index contributed by atoms with van der Waals surface area (Å²) in [6.45, 7) is 0.287. The van der Waals surface area contributed by atoms with Crippen LogP contribution in [0.1, 0.15) is 16.1 Å². The van der Waals surface area contributed by atoms with E-state index in [1.807, 2.05) is 0 Å². The smallest absolute Gasteiger partial charge is 0.254 e. The highest BCUT2D eigenvalue weighted by atomic mass is 32.2. The standard InChI is InChI=1S/C14H16N2O4S/c1-16(9-12-4-3-5-20-12)14(17)10-6-11(15)8-13(7-10)21(2,18)19/h3-8H,9,15H2,1-2H3. The second kappa shape index (κ2) is 5.61. The number of sulfone groups is 1. The van der Waals surface area contributed by atoms with E-state index in [-0.39, 0.29) is 28.6 Å². The van der Waals surface area contributed by atoms with E-state index < -0.39 is 9.84 Å². The van der Waals surface area contributed by atoms with Gasteiger partial charge in [-0.05, 0) is 30.3 Å². The van der Waals surface area contributed by atoms with E-state index >= 15 is 0 Å². The number of furan rings is 1. The number of nitrogens with zero attached hydrogens (tertiary/aromatic N) is 1. The summed E-state index contributed by atoms with van der Waals surface area (Å²) in [7, 11) is -1.82. The van der Waals surface area contributed by atoms with Crippen LogP contribution in [-0.2, 0) is 16.4 Å². The molecule has 0 bridgehead atoms. The number of benzene rings is 1. The molecule has 2 N–H and O–H groups in total. The van der Waals surface area contributed by atoms with Gasteiger partial charge in [-0.15, -0.1) is 0 Å². The molecule has 0 saturated carbocycles. The Balaban J connectivity index is 2.28. The lowest BCUT2D eigenvalue weighted by Gasteiger charge is -2.16. The number of nitrogens with two attached hydrogens (primary N) is 1. The fraction of sp³-hybridized carbons (Fsp3) is 0.214. The van der Waals surface area contributed by atoms with Crippen LogP contribution in [-0.4, -0.2) is 32.5 Å². The van der Waals surface area contributed by atoms with Crippen molar-refractivity contribution in [2.45, 2.75) is 11.4 Å². The number of nitrogen functional groups attached to an aromatic ring is 1. The lowest BCUT2D eigenvalue weighted by molar-refractivity contribution is 0.0775. The Morgan fingerprint density at radius 1 is 1.33 bits per heavy atom. The minimum absolute atomic E-state index is 0.0252. The summed E-state index contributed by atoms with van der Waals surface area (Å²) in [6.07, 6.45) is 2.60. The highest BCUT2D eigenvalue weighted by Crippen LogP contribution is 2.18. The minimum Gasteiger partial charge on any atom is -0.467 e. The van der Waals surface area contributed by atoms with Crippen LogP contribution in [0.5, 0.6) is 0 Å². The number of hydrogen-bond donors (Lipinski definition) is 1. The lowest BCUT2D eigenvalue weighted by Crippen LogP contribution is -2.26. The fourth-order valence-corrected chi connectivity index (χ4v) is 2.58. The molecule has 6 nitrogen and oxygen atoms in total. The van der Waals surface area contributed by atoms with Crippen molar-refractivity contribution in [1.82, 2.24) is 4.90 Å². The number of anilines is 1. The van der Waals surface area contributed by atoms with Crippen LogP contribution in [0.15, 0.2) is 45.9 Å². The lowest BCUT2D eigenvalue weighted by atomic mass is 10.2. The van der Waals surface area contributed by atoms with Crippen LogP contribution in [0.2, 0.25) is 0 Å². The van der Waals surface area contributed by atoms with Gasteiger partial charge in [0.1, 0.15) is 5.76 Å². The largest absolute Gasteiger partial charge is 0.467 e. The molecular weight excluding hydrogens is 292 g/mol. The van der Waals surface area contributed by atoms with Crippen LogP contribution >= 0.6 is 0 Å². The summed E-state index contributed by atoms with van der Waals surface area (Å²) in [6, 6.07) is 7.60. The van der Waals surface area contributed by atoms with Crippen LogP contribution in [0.25, 0.3) is 0 Å². The van der Waals surface area contributed by atoms with Crippen molar-refractivity contribution < 1.29 is 17.6 Å². The molecule has 112 valence electrons. The van der Waals surface area contributed by atoms with Gasteiger partial charge in [0.15, 0.2) is 9.84 Å². The molecular formula is C14H16N2O4S. The molecule has 1 amide bonds. The molecule has 0 spiro atoms. The second-order valence-corrected chi connectivity index (χ2v) is 6.82. The summed E-state index contributed by atoms with van der Waals surface area (Å²) in [5.74, 6) is 0.307. The first-order valence-electron chi connectivity index (χ1n) is 6.16. The minimum atomic E-state index is -3.43. The first kappa shape index (κ1) is 15.1. The number of rotatable bonds is 4. The fourth-order valence-electron chi connectivity index (χ4n) is 1.89. The van der Waals surface area contributed by atoms with Crippen LogP contribution in [0.4, 0.5) is 5.69 Å². The third kappa shape index (κ3) is 3.63. The number of carbonyl (C=O) groups excluding carboxylic acids is 1. The van der Waals surface area contributed by atoms with Gasteiger partial charge in [0.25, 0.3) is 5.91 Å². The van der Waals surface area contributed by atoms with Crippen LogP contribution < -0.4 is 5.73 Å². The molecule has 1 aromatic carbocycles. The normalized spacial score (nSPS) is 11.3. The quantitative estimate of drug-likeness (QED) is 0.865. The molecule has 0 fully saturated rings. The summed E-state index contributed by atoms with van der Waals surface area (Å²) in [5, 5.41) is 0. The average Bonchev–Trinajstić information content (AvgIpc) is 2.88. The molecule has 0 aliphatic carbocycles. The van der Waals surface area contributed by atoms with Gasteiger partial charge in [0.2, 0.25) is 0 Å². The molecule has 0 radical (unpaired) electrons. The Bertz CT molecular complexity index is 751. The third-order valence-electron chi connectivity index (χ3n) is 2.92. The molecule has 1 aromatic heterocycles. The number of amides is 1. The van der Waals surface area contributed by atoms with Gasteiger partial charge in [-0.25, -0.2) is 8.42 Å². The maximum absolute atomic E-state index is 12.3. The van der Waals surface area contributed by atoms with E-state index in [0.29, 0.717) is 5.76 Å². The maximum Gasteiger partial charge on any atom is 0.254 e. The van der Waals surface area contributed by atoms with Crippen molar-refractivity contribution in [3.8, 4) is 0 Å². The van der Waals surface area contributed by atoms with Crippen molar-refractivity contribution in [2.75, 3.05) is 19.0 Å². The zero-order valence-corrected chi connectivity index (χ0v) is 12.6. The monoisotopic (exact) mass is 308 g/mol. The summed E-state index contributed by atoms with van der Waals surface area (Å²) < 4.78 is 28.4. The summed E-state index contributed by atoms with van der Waals surface area (Å²) in [4.78, 5) is 13.8. The summed E-state index contributed by atoms with van der Waals surface area (Å²) in [5.41, 5.74) is 6.13. The zero-order chi connectivity index (χ0) is 15.6. The van der Waals surface area contributed by atoms with E-state index in [1.54, 1.807) is 19.2 Å². The molecule has 0 atom stereocenters. The molecule has 1 heterocycles. The highest BCUT2D eigenvalue weighted by molar-refractivity contribution is 7.90. The zero-order valence-electron chi connectivity index (χ0n) is 11.7. The average molecular weight is 308 g/mol. The Kier molecular flexibility index (Phi) is 4.04. The first-order chi connectivity index (χ1) is 9.77. The van der Waals surface area contributed by atoms with Crippen LogP contribution in [0, 0.1) is 0 Å². The van der Waals surface area contributed by atoms with E-state index in [0.717, 1.165) is 6.26 Å². The summed E-state index contributed by atoms with van der Waals surface area (Å²) >= 11 is 0. The van der Waals surface area contributed by atoms with E-state index in [9.17, 15) is 13.2 Å². The maximum atomic E-state index is 12.3. The molecule has 0 saturated heterocycles. The van der Waals surface area contributed by atoms with E-state index in [4.69, 9.17) is 10.2 Å². The Labute approximate surface area is 123 Å². The molecule has 2 aromatic rings. The molecule has 7 heteroatoms. The Hall–Kier alpha value is -2.28. The number of carbonyl (C=O) groups is 1. The molecule has 0 aliphatic heterocycles. The predicted molar refractivity (Wildman–Crippen MR) is 78.5 cm³/mol. The van der Waals surface area contributed by atoms with Gasteiger partial charge in [0, 0.05) is 24.6 Å². The topological polar surface area (TPSA) is 93.6 Å². The Morgan fingerprint density at radius 2 is 2.05 bits per heavy atom. The van der Waals surface area contributed by atoms with Crippen molar-refractivity contribution >= 4 is 21.4 Å². The molecule has 0 unspecified atom stereocenters. The van der Waals surface area contributed by atoms with E-state index in [2.05, 4.69) is 0 Å². The van der Waals surface area contributed by atoms with Gasteiger partial charge in [0.05, 0.1) is 17.7 Å². The van der Waals surface area contributed by atoms with Gasteiger partial charge < -0.3 is 15.1 Å². The SMILES string of the molecule is CN(Cc1ccco1)C(=O)c1cc(N)cc(S(C)(=O)=O)c1. The van der Waals surface area contributed by atoms with Gasteiger partial charge in [-0.3, -0.25) is 4.79 Å². The van der Waals surface area contributed by atoms with Crippen molar-refractivity contribution in [3.05, 3.63) is 47.9 Å². The molecule has 0 aliphatic rings. The third-order valence-corrected chi connectivity index (χ3v) is 4.02. The van der Waals surface area contributed by atoms with Crippen molar-refractivity contribution in [2.24, 2.45) is 0 Å². The van der Waals surface area contributed by atoms with Gasteiger partial charge in [-0.2, -0.15) is 0 Å². The predicted octanol–water partition coefficient (Wildman–Crippen LogP) is 1.54. The number of hydrogen-bond acceptors (Lipinski definition) is 5. The first-order valence-corrected chi connectivity index (χ1v) is 8.05. The second-order valence-electron chi connectivity index (χ2n) is 4.80. The van der Waals surface area contributed by atoms with E-state index in [1.165, 1.54) is 29.4 Å². The molecule has 21 heavy (non-hydrogen) atoms. The van der Waals surface area contributed by atoms with Crippen LogP contribution in [0.3, 0.4) is 0 Å². The highest BCUT2D eigenvalue weighted by Gasteiger charge is 2.17. The van der Waals surface area contributed by atoms with Gasteiger partial charge in [-0.1, -0.05) is 0 Å². The van der Waals surface area contributed by atoms with Gasteiger partial charge >= 0.3 is 0 Å².